The molecule has 0 aliphatic heterocycles. The fourth-order valence-electron chi connectivity index (χ4n) is 1.53. The summed E-state index contributed by atoms with van der Waals surface area (Å²) in [5.74, 6) is 0.391. The smallest absolute Gasteiger partial charge is 0.185 e. The van der Waals surface area contributed by atoms with E-state index in [0.717, 1.165) is 12.0 Å². The summed E-state index contributed by atoms with van der Waals surface area (Å²) in [4.78, 5) is 6.12. The normalized spacial score (nSPS) is 12.4. The van der Waals surface area contributed by atoms with Crippen molar-refractivity contribution >= 4 is 5.96 Å². The fraction of sp³-hybridized carbons (Fsp3) is 0.417. The number of nitrogens with two attached hydrogens (primary N) is 2. The van der Waals surface area contributed by atoms with Gasteiger partial charge in [0.2, 0.25) is 0 Å². The van der Waals surface area contributed by atoms with Gasteiger partial charge < -0.3 is 21.5 Å². The number of aromatic hydroxyl groups is 1. The summed E-state index contributed by atoms with van der Waals surface area (Å²) in [5, 5.41) is 9.21. The van der Waals surface area contributed by atoms with Crippen LogP contribution in [0.4, 0.5) is 0 Å². The summed E-state index contributed by atoms with van der Waals surface area (Å²) in [6.45, 7) is 0.566. The standard InChI is InChI=1S/C12H20N4O/c1-16(2)10(8-15-12(13)14)7-9-3-5-11(17)6-4-9/h3-6,10,17H,7-8H2,1-2H3,(H4,13,14,15)/t10-/m0/s1. The van der Waals surface area contributed by atoms with Gasteiger partial charge in [-0.2, -0.15) is 0 Å². The van der Waals surface area contributed by atoms with Gasteiger partial charge in [0.1, 0.15) is 5.75 Å². The molecule has 0 fully saturated rings. The van der Waals surface area contributed by atoms with Crippen molar-refractivity contribution in [2.75, 3.05) is 20.6 Å². The Bertz CT molecular complexity index is 369. The summed E-state index contributed by atoms with van der Waals surface area (Å²) in [6, 6.07) is 7.41. The number of benzene rings is 1. The van der Waals surface area contributed by atoms with Crippen molar-refractivity contribution in [2.24, 2.45) is 16.5 Å². The summed E-state index contributed by atoms with van der Waals surface area (Å²) in [5.41, 5.74) is 11.8. The Morgan fingerprint density at radius 2 is 1.88 bits per heavy atom. The molecule has 0 saturated carbocycles. The lowest BCUT2D eigenvalue weighted by Crippen LogP contribution is -2.34. The van der Waals surface area contributed by atoms with Gasteiger partial charge in [-0.1, -0.05) is 12.1 Å². The highest BCUT2D eigenvalue weighted by Gasteiger charge is 2.11. The molecule has 5 nitrogen and oxygen atoms in total. The number of rotatable bonds is 5. The molecule has 5 N–H and O–H groups in total. The Labute approximate surface area is 102 Å². The van der Waals surface area contributed by atoms with Gasteiger partial charge in [-0.25, -0.2) is 0 Å². The number of nitrogens with zero attached hydrogens (tertiary/aromatic N) is 2. The molecule has 0 radical (unpaired) electrons. The van der Waals surface area contributed by atoms with Crippen molar-refractivity contribution in [1.29, 1.82) is 0 Å². The van der Waals surface area contributed by atoms with Crippen molar-refractivity contribution in [1.82, 2.24) is 4.90 Å². The zero-order chi connectivity index (χ0) is 12.8. The van der Waals surface area contributed by atoms with Crippen LogP contribution in [0.1, 0.15) is 5.56 Å². The topological polar surface area (TPSA) is 87.9 Å². The minimum absolute atomic E-state index is 0.113. The van der Waals surface area contributed by atoms with Crippen molar-refractivity contribution in [3.8, 4) is 5.75 Å². The molecule has 1 aromatic carbocycles. The highest BCUT2D eigenvalue weighted by Crippen LogP contribution is 2.12. The molecule has 0 aliphatic carbocycles. The van der Waals surface area contributed by atoms with Gasteiger partial charge in [-0.3, -0.25) is 4.99 Å². The summed E-state index contributed by atoms with van der Waals surface area (Å²) < 4.78 is 0. The Morgan fingerprint density at radius 1 is 1.29 bits per heavy atom. The maximum absolute atomic E-state index is 9.21. The van der Waals surface area contributed by atoms with E-state index in [4.69, 9.17) is 11.5 Å². The molecule has 0 heterocycles. The molecule has 0 spiro atoms. The van der Waals surface area contributed by atoms with Crippen LogP contribution in [0, 0.1) is 0 Å². The van der Waals surface area contributed by atoms with Crippen LogP contribution < -0.4 is 11.5 Å². The van der Waals surface area contributed by atoms with Crippen LogP contribution in [0.2, 0.25) is 0 Å². The van der Waals surface area contributed by atoms with Gasteiger partial charge >= 0.3 is 0 Å². The van der Waals surface area contributed by atoms with Crippen LogP contribution >= 0.6 is 0 Å². The SMILES string of the molecule is CN(C)[C@H](CN=C(N)N)Cc1ccc(O)cc1. The van der Waals surface area contributed by atoms with E-state index in [-0.39, 0.29) is 17.8 Å². The third-order valence-corrected chi connectivity index (χ3v) is 2.62. The number of phenols is 1. The lowest BCUT2D eigenvalue weighted by molar-refractivity contribution is 0.298. The Hall–Kier alpha value is -1.75. The maximum Gasteiger partial charge on any atom is 0.185 e. The zero-order valence-corrected chi connectivity index (χ0v) is 10.3. The molecule has 17 heavy (non-hydrogen) atoms. The van der Waals surface area contributed by atoms with Gasteiger partial charge in [0.05, 0.1) is 6.54 Å². The van der Waals surface area contributed by atoms with Gasteiger partial charge in [0, 0.05) is 6.04 Å². The van der Waals surface area contributed by atoms with E-state index in [9.17, 15) is 5.11 Å². The second kappa shape index (κ2) is 6.10. The molecule has 0 aliphatic rings. The van der Waals surface area contributed by atoms with E-state index in [1.807, 2.05) is 26.2 Å². The van der Waals surface area contributed by atoms with Crippen molar-refractivity contribution < 1.29 is 5.11 Å². The first-order chi connectivity index (χ1) is 7.99. The lowest BCUT2D eigenvalue weighted by Gasteiger charge is -2.22. The average molecular weight is 236 g/mol. The van der Waals surface area contributed by atoms with E-state index in [2.05, 4.69) is 9.89 Å². The highest BCUT2D eigenvalue weighted by atomic mass is 16.3. The molecule has 1 rings (SSSR count). The number of guanidine groups is 1. The van der Waals surface area contributed by atoms with Gasteiger partial charge in [0.15, 0.2) is 5.96 Å². The predicted molar refractivity (Wildman–Crippen MR) is 70.0 cm³/mol. The van der Waals surface area contributed by atoms with Crippen molar-refractivity contribution in [2.45, 2.75) is 12.5 Å². The quantitative estimate of drug-likeness (QED) is 0.501. The number of hydrogen-bond acceptors (Lipinski definition) is 3. The molecular weight excluding hydrogens is 216 g/mol. The van der Waals surface area contributed by atoms with Crippen LogP contribution in [0.5, 0.6) is 5.75 Å². The molecule has 0 bridgehead atoms. The number of likely N-dealkylation sites (N-methyl/N-ethyl adjacent to an activating group) is 1. The molecule has 0 aromatic heterocycles. The van der Waals surface area contributed by atoms with Gasteiger partial charge in [-0.05, 0) is 38.2 Å². The Morgan fingerprint density at radius 3 is 2.35 bits per heavy atom. The predicted octanol–water partition coefficient (Wildman–Crippen LogP) is 0.138. The number of aliphatic imine (C=N–C) groups is 1. The summed E-state index contributed by atoms with van der Waals surface area (Å²) in [6.07, 6.45) is 0.837. The first-order valence-corrected chi connectivity index (χ1v) is 5.48. The van der Waals surface area contributed by atoms with Crippen LogP contribution in [-0.2, 0) is 6.42 Å². The van der Waals surface area contributed by atoms with Crippen LogP contribution in [0.3, 0.4) is 0 Å². The zero-order valence-electron chi connectivity index (χ0n) is 10.3. The molecule has 94 valence electrons. The average Bonchev–Trinajstić information content (AvgIpc) is 2.26. The summed E-state index contributed by atoms with van der Waals surface area (Å²) >= 11 is 0. The first kappa shape index (κ1) is 13.3. The van der Waals surface area contributed by atoms with Crippen molar-refractivity contribution in [3.63, 3.8) is 0 Å². The monoisotopic (exact) mass is 236 g/mol. The van der Waals surface area contributed by atoms with Crippen LogP contribution in [0.15, 0.2) is 29.3 Å². The third-order valence-electron chi connectivity index (χ3n) is 2.62. The second-order valence-electron chi connectivity index (χ2n) is 4.25. The highest BCUT2D eigenvalue weighted by molar-refractivity contribution is 5.75. The maximum atomic E-state index is 9.21. The number of phenolic OH excluding ortho intramolecular Hbond substituents is 1. The molecule has 1 aromatic rings. The molecule has 1 atom stereocenters. The fourth-order valence-corrected chi connectivity index (χ4v) is 1.53. The van der Waals surface area contributed by atoms with E-state index >= 15 is 0 Å². The molecule has 0 saturated heterocycles. The van der Waals surface area contributed by atoms with E-state index in [1.54, 1.807) is 12.1 Å². The third kappa shape index (κ3) is 4.74. The van der Waals surface area contributed by atoms with E-state index in [0.29, 0.717) is 6.54 Å². The van der Waals surface area contributed by atoms with E-state index < -0.39 is 0 Å². The first-order valence-electron chi connectivity index (χ1n) is 5.48. The molecule has 5 heteroatoms. The molecule has 0 amide bonds. The Kier molecular flexibility index (Phi) is 4.78. The molecular formula is C12H20N4O. The largest absolute Gasteiger partial charge is 0.508 e. The van der Waals surface area contributed by atoms with Crippen molar-refractivity contribution in [3.05, 3.63) is 29.8 Å². The van der Waals surface area contributed by atoms with Crippen LogP contribution in [0.25, 0.3) is 0 Å². The minimum atomic E-state index is 0.113. The molecule has 0 unspecified atom stereocenters. The van der Waals surface area contributed by atoms with Gasteiger partial charge in [-0.15, -0.1) is 0 Å². The number of hydrogen-bond donors (Lipinski definition) is 3. The second-order valence-corrected chi connectivity index (χ2v) is 4.25. The van der Waals surface area contributed by atoms with Gasteiger partial charge in [0.25, 0.3) is 0 Å². The lowest BCUT2D eigenvalue weighted by atomic mass is 10.1. The Balaban J connectivity index is 2.66. The van der Waals surface area contributed by atoms with E-state index in [1.165, 1.54) is 0 Å². The van der Waals surface area contributed by atoms with Crippen LogP contribution in [-0.4, -0.2) is 42.6 Å². The summed E-state index contributed by atoms with van der Waals surface area (Å²) in [7, 11) is 3.99. The minimum Gasteiger partial charge on any atom is -0.508 e.